The molecule has 1 atom stereocenters. The second-order valence-corrected chi connectivity index (χ2v) is 8.38. The zero-order valence-electron chi connectivity index (χ0n) is 15.0. The highest BCUT2D eigenvalue weighted by Crippen LogP contribution is 2.29. The summed E-state index contributed by atoms with van der Waals surface area (Å²) in [5.41, 5.74) is 1.79. The molecule has 0 saturated carbocycles. The van der Waals surface area contributed by atoms with Crippen LogP contribution in [0.1, 0.15) is 50.4 Å². The van der Waals surface area contributed by atoms with Gasteiger partial charge in [-0.2, -0.15) is 0 Å². The van der Waals surface area contributed by atoms with Gasteiger partial charge in [0.25, 0.3) is 0 Å². The van der Waals surface area contributed by atoms with E-state index in [1.807, 2.05) is 30.3 Å². The molecule has 1 aliphatic rings. The van der Waals surface area contributed by atoms with Crippen molar-refractivity contribution in [2.75, 3.05) is 0 Å². The van der Waals surface area contributed by atoms with Crippen LogP contribution in [0.2, 0.25) is 0 Å². The molecule has 1 aliphatic carbocycles. The smallest absolute Gasteiger partial charge is 0.241 e. The third-order valence-corrected chi connectivity index (χ3v) is 6.38. The molecule has 28 heavy (non-hydrogen) atoms. The number of ketones is 2. The summed E-state index contributed by atoms with van der Waals surface area (Å²) in [7, 11) is -3.87. The van der Waals surface area contributed by atoms with Crippen molar-refractivity contribution in [3.05, 3.63) is 101 Å². The summed E-state index contributed by atoms with van der Waals surface area (Å²) in [6.45, 7) is 1.75. The fourth-order valence-corrected chi connectivity index (χ4v) is 4.61. The topological polar surface area (TPSA) is 80.3 Å². The lowest BCUT2D eigenvalue weighted by Gasteiger charge is -2.19. The van der Waals surface area contributed by atoms with E-state index in [4.69, 9.17) is 0 Å². The molecule has 5 nitrogen and oxygen atoms in total. The van der Waals surface area contributed by atoms with E-state index < -0.39 is 16.1 Å². The van der Waals surface area contributed by atoms with E-state index >= 15 is 0 Å². The first kappa shape index (κ1) is 18.3. The third-order valence-electron chi connectivity index (χ3n) is 4.84. The normalized spacial score (nSPS) is 14.3. The molecular weight excluding hydrogens is 374 g/mol. The Balaban J connectivity index is 1.71. The van der Waals surface area contributed by atoms with Crippen LogP contribution in [0.15, 0.2) is 77.7 Å². The quantitative estimate of drug-likeness (QED) is 0.577. The highest BCUT2D eigenvalue weighted by atomic mass is 32.2. The fraction of sp³-hybridized carbons (Fsp3) is 0.0909. The van der Waals surface area contributed by atoms with E-state index in [-0.39, 0.29) is 27.6 Å². The molecule has 0 radical (unpaired) electrons. The average molecular weight is 391 g/mol. The minimum Gasteiger partial charge on any atom is -0.289 e. The minimum atomic E-state index is -3.87. The molecule has 0 unspecified atom stereocenters. The van der Waals surface area contributed by atoms with Gasteiger partial charge in [-0.1, -0.05) is 54.6 Å². The van der Waals surface area contributed by atoms with E-state index in [0.717, 1.165) is 5.56 Å². The third kappa shape index (κ3) is 3.06. The number of benzene rings is 3. The number of rotatable bonds is 4. The molecule has 1 N–H and O–H groups in total. The summed E-state index contributed by atoms with van der Waals surface area (Å²) in [5, 5.41) is 0. The van der Waals surface area contributed by atoms with Crippen LogP contribution in [-0.4, -0.2) is 20.0 Å². The first-order valence-electron chi connectivity index (χ1n) is 8.78. The van der Waals surface area contributed by atoms with Gasteiger partial charge in [-0.15, -0.1) is 0 Å². The molecule has 140 valence electrons. The molecule has 3 aromatic rings. The molecule has 0 aromatic heterocycles. The van der Waals surface area contributed by atoms with Gasteiger partial charge in [-0.3, -0.25) is 9.59 Å². The summed E-state index contributed by atoms with van der Waals surface area (Å²) in [6.07, 6.45) is 0. The molecule has 0 aliphatic heterocycles. The monoisotopic (exact) mass is 391 g/mol. The van der Waals surface area contributed by atoms with Gasteiger partial charge in [-0.25, -0.2) is 13.1 Å². The zero-order valence-corrected chi connectivity index (χ0v) is 15.9. The highest BCUT2D eigenvalue weighted by molar-refractivity contribution is 7.89. The highest BCUT2D eigenvalue weighted by Gasteiger charge is 2.31. The number of hydrogen-bond donors (Lipinski definition) is 1. The van der Waals surface area contributed by atoms with E-state index in [1.165, 1.54) is 18.2 Å². The van der Waals surface area contributed by atoms with E-state index in [9.17, 15) is 18.0 Å². The maximum atomic E-state index is 12.8. The second-order valence-electron chi connectivity index (χ2n) is 6.66. The summed E-state index contributed by atoms with van der Waals surface area (Å²) in [4.78, 5) is 25.4. The summed E-state index contributed by atoms with van der Waals surface area (Å²) >= 11 is 0. The van der Waals surface area contributed by atoms with Crippen LogP contribution in [0.4, 0.5) is 0 Å². The summed E-state index contributed by atoms with van der Waals surface area (Å²) in [6, 6.07) is 19.4. The van der Waals surface area contributed by atoms with Gasteiger partial charge >= 0.3 is 0 Å². The van der Waals surface area contributed by atoms with Crippen LogP contribution in [-0.2, 0) is 10.0 Å². The van der Waals surface area contributed by atoms with Crippen LogP contribution >= 0.6 is 0 Å². The zero-order chi connectivity index (χ0) is 19.9. The predicted octanol–water partition coefficient (Wildman–Crippen LogP) is 3.50. The van der Waals surface area contributed by atoms with Gasteiger partial charge in [0.05, 0.1) is 4.90 Å². The van der Waals surface area contributed by atoms with E-state index in [1.54, 1.807) is 31.2 Å². The number of carbonyl (C=O) groups excluding carboxylic acids is 2. The standard InChI is InChI=1S/C22H17NO4S/c1-14(15-7-3-2-4-8-15)23-28(26,27)16-11-12-19-20(13-16)22(25)18-10-6-5-9-17(18)21(19)24/h2-14,23H,1H3/t14-/m0/s1. The molecule has 6 heteroatoms. The summed E-state index contributed by atoms with van der Waals surface area (Å²) in [5.74, 6) is -0.627. The Morgan fingerprint density at radius 2 is 1.25 bits per heavy atom. The van der Waals surface area contributed by atoms with Crippen molar-refractivity contribution in [2.24, 2.45) is 0 Å². The van der Waals surface area contributed by atoms with Crippen LogP contribution in [0, 0.1) is 0 Å². The molecule has 0 heterocycles. The van der Waals surface area contributed by atoms with Gasteiger partial charge < -0.3 is 0 Å². The molecule has 0 saturated heterocycles. The van der Waals surface area contributed by atoms with Crippen molar-refractivity contribution >= 4 is 21.6 Å². The van der Waals surface area contributed by atoms with Crippen LogP contribution < -0.4 is 4.72 Å². The summed E-state index contributed by atoms with van der Waals surface area (Å²) < 4.78 is 28.3. The van der Waals surface area contributed by atoms with Crippen molar-refractivity contribution in [3.63, 3.8) is 0 Å². The molecule has 0 spiro atoms. The molecule has 3 aromatic carbocycles. The van der Waals surface area contributed by atoms with Crippen molar-refractivity contribution in [2.45, 2.75) is 17.9 Å². The average Bonchev–Trinajstić information content (AvgIpc) is 2.72. The Morgan fingerprint density at radius 3 is 1.89 bits per heavy atom. The molecule has 4 rings (SSSR count). The first-order valence-corrected chi connectivity index (χ1v) is 10.3. The number of fused-ring (bicyclic) bond motifs is 2. The molecule has 0 amide bonds. The Kier molecular flexibility index (Phi) is 4.45. The van der Waals surface area contributed by atoms with Crippen LogP contribution in [0.3, 0.4) is 0 Å². The van der Waals surface area contributed by atoms with Crippen molar-refractivity contribution in [1.82, 2.24) is 4.72 Å². The van der Waals surface area contributed by atoms with Crippen molar-refractivity contribution in [3.8, 4) is 0 Å². The van der Waals surface area contributed by atoms with Gasteiger partial charge in [0.1, 0.15) is 0 Å². The van der Waals surface area contributed by atoms with Gasteiger partial charge in [0, 0.05) is 28.3 Å². The number of carbonyl (C=O) groups is 2. The maximum absolute atomic E-state index is 12.8. The molecule has 0 bridgehead atoms. The largest absolute Gasteiger partial charge is 0.289 e. The molecule has 0 fully saturated rings. The van der Waals surface area contributed by atoms with Gasteiger partial charge in [0.2, 0.25) is 10.0 Å². The predicted molar refractivity (Wildman–Crippen MR) is 105 cm³/mol. The van der Waals surface area contributed by atoms with Crippen molar-refractivity contribution < 1.29 is 18.0 Å². The number of hydrogen-bond acceptors (Lipinski definition) is 4. The Morgan fingerprint density at radius 1 is 0.714 bits per heavy atom. The van der Waals surface area contributed by atoms with E-state index in [0.29, 0.717) is 11.1 Å². The lowest BCUT2D eigenvalue weighted by molar-refractivity contribution is 0.0979. The lowest BCUT2D eigenvalue weighted by atomic mass is 9.84. The second kappa shape index (κ2) is 6.82. The SMILES string of the molecule is C[C@H](NS(=O)(=O)c1ccc2c(c1)C(=O)c1ccccc1C2=O)c1ccccc1. The molecular formula is C22H17NO4S. The first-order chi connectivity index (χ1) is 13.4. The van der Waals surface area contributed by atoms with Gasteiger partial charge in [-0.05, 0) is 30.7 Å². The minimum absolute atomic E-state index is 0.0467. The Bertz CT molecular complexity index is 1200. The maximum Gasteiger partial charge on any atom is 0.241 e. The van der Waals surface area contributed by atoms with Crippen LogP contribution in [0.5, 0.6) is 0 Å². The van der Waals surface area contributed by atoms with Crippen molar-refractivity contribution in [1.29, 1.82) is 0 Å². The van der Waals surface area contributed by atoms with E-state index in [2.05, 4.69) is 4.72 Å². The fourth-order valence-electron chi connectivity index (χ4n) is 3.36. The Hall–Kier alpha value is -3.09. The number of nitrogens with one attached hydrogen (secondary N) is 1. The van der Waals surface area contributed by atoms with Crippen LogP contribution in [0.25, 0.3) is 0 Å². The lowest BCUT2D eigenvalue weighted by Crippen LogP contribution is -2.28. The number of sulfonamides is 1. The Labute approximate surface area is 163 Å². The van der Waals surface area contributed by atoms with Gasteiger partial charge in [0.15, 0.2) is 11.6 Å².